The molecule has 0 radical (unpaired) electrons. The van der Waals surface area contributed by atoms with Crippen LogP contribution in [0.3, 0.4) is 0 Å². The van der Waals surface area contributed by atoms with E-state index in [9.17, 15) is 31.1 Å². The van der Waals surface area contributed by atoms with Gasteiger partial charge >= 0.3 is 18.3 Å². The van der Waals surface area contributed by atoms with Crippen LogP contribution in [0.1, 0.15) is 29.5 Å². The van der Waals surface area contributed by atoms with Gasteiger partial charge in [-0.05, 0) is 23.8 Å². The van der Waals surface area contributed by atoms with E-state index < -0.39 is 35.0 Å². The Labute approximate surface area is 129 Å². The van der Waals surface area contributed by atoms with Gasteiger partial charge in [0.15, 0.2) is 0 Å². The summed E-state index contributed by atoms with van der Waals surface area (Å²) in [5.41, 5.74) is -4.70. The van der Waals surface area contributed by atoms with Crippen LogP contribution in [-0.4, -0.2) is 11.3 Å². The summed E-state index contributed by atoms with van der Waals surface area (Å²) in [6, 6.07) is 1.23. The van der Waals surface area contributed by atoms with Crippen molar-refractivity contribution in [3.05, 3.63) is 34.9 Å². The Balaban J connectivity index is 2.62. The number of esters is 1. The molecule has 0 unspecified atom stereocenters. The number of carbonyl (C=O) groups is 1. The van der Waals surface area contributed by atoms with Crippen LogP contribution >= 0.6 is 15.9 Å². The lowest BCUT2D eigenvalue weighted by Crippen LogP contribution is -2.29. The minimum atomic E-state index is -4.94. The van der Waals surface area contributed by atoms with Gasteiger partial charge in [-0.2, -0.15) is 26.3 Å². The van der Waals surface area contributed by atoms with Gasteiger partial charge in [0, 0.05) is 18.2 Å². The van der Waals surface area contributed by atoms with Gasteiger partial charge in [0.05, 0.1) is 11.1 Å². The first-order valence-corrected chi connectivity index (χ1v) is 7.18. The first-order valence-electron chi connectivity index (χ1n) is 6.06. The number of benzene rings is 1. The topological polar surface area (TPSA) is 26.3 Å². The number of hydrogen-bond acceptors (Lipinski definition) is 2. The average Bonchev–Trinajstić information content (AvgIpc) is 2.79. The van der Waals surface area contributed by atoms with Crippen molar-refractivity contribution in [1.29, 1.82) is 0 Å². The monoisotopic (exact) mass is 390 g/mol. The van der Waals surface area contributed by atoms with Gasteiger partial charge in [-0.15, -0.1) is 0 Å². The average molecular weight is 391 g/mol. The van der Waals surface area contributed by atoms with Crippen molar-refractivity contribution in [2.75, 3.05) is 5.33 Å². The Morgan fingerprint density at radius 1 is 1.05 bits per heavy atom. The summed E-state index contributed by atoms with van der Waals surface area (Å²) in [5.74, 6) is -0.662. The highest BCUT2D eigenvalue weighted by Gasteiger charge is 2.45. The third-order valence-electron chi connectivity index (χ3n) is 3.37. The van der Waals surface area contributed by atoms with E-state index in [2.05, 4.69) is 15.9 Å². The van der Waals surface area contributed by atoms with Gasteiger partial charge in [-0.3, -0.25) is 4.79 Å². The highest BCUT2D eigenvalue weighted by Crippen LogP contribution is 2.43. The third kappa shape index (κ3) is 3.23. The van der Waals surface area contributed by atoms with Crippen molar-refractivity contribution in [2.24, 2.45) is 0 Å². The first-order chi connectivity index (χ1) is 9.98. The van der Waals surface area contributed by atoms with Crippen LogP contribution in [0, 0.1) is 0 Å². The lowest BCUT2D eigenvalue weighted by atomic mass is 9.89. The zero-order valence-corrected chi connectivity index (χ0v) is 12.4. The normalized spacial score (nSPS) is 22.8. The van der Waals surface area contributed by atoms with E-state index in [1.54, 1.807) is 0 Å². The smallest absolute Gasteiger partial charge is 0.416 e. The third-order valence-corrected chi connectivity index (χ3v) is 4.28. The molecule has 0 spiro atoms. The second kappa shape index (κ2) is 5.43. The Morgan fingerprint density at radius 2 is 1.55 bits per heavy atom. The minimum Gasteiger partial charge on any atom is -0.453 e. The van der Waals surface area contributed by atoms with Crippen LogP contribution in [0.4, 0.5) is 26.3 Å². The van der Waals surface area contributed by atoms with Crippen molar-refractivity contribution < 1.29 is 35.9 Å². The molecule has 2 rings (SSSR count). The summed E-state index contributed by atoms with van der Waals surface area (Å²) < 4.78 is 82.0. The zero-order valence-electron chi connectivity index (χ0n) is 10.8. The van der Waals surface area contributed by atoms with Gasteiger partial charge < -0.3 is 4.74 Å². The fraction of sp³-hybridized carbons (Fsp3) is 0.462. The second-order valence-corrected chi connectivity index (χ2v) is 5.46. The molecular weight excluding hydrogens is 382 g/mol. The number of cyclic esters (lactones) is 1. The number of rotatable bonds is 2. The minimum absolute atomic E-state index is 0.00961. The maximum atomic E-state index is 12.8. The highest BCUT2D eigenvalue weighted by atomic mass is 79.9. The van der Waals surface area contributed by atoms with E-state index in [4.69, 9.17) is 4.74 Å². The number of halogens is 7. The molecule has 0 aliphatic carbocycles. The van der Waals surface area contributed by atoms with Gasteiger partial charge in [-0.25, -0.2) is 0 Å². The van der Waals surface area contributed by atoms with Crippen molar-refractivity contribution in [3.63, 3.8) is 0 Å². The van der Waals surface area contributed by atoms with Crippen LogP contribution in [0.5, 0.6) is 0 Å². The standard InChI is InChI=1S/C13H9BrF6O2/c14-6-11(2-1-10(21)22-11)7-3-8(12(15,16)17)5-9(4-7)13(18,19)20/h3-5H,1-2,6H2/t11-/m0/s1. The number of hydrogen-bond donors (Lipinski definition) is 0. The molecule has 1 fully saturated rings. The van der Waals surface area contributed by atoms with E-state index >= 15 is 0 Å². The Hall–Kier alpha value is -1.25. The lowest BCUT2D eigenvalue weighted by molar-refractivity contribution is -0.147. The fourth-order valence-electron chi connectivity index (χ4n) is 2.22. The molecule has 1 aromatic rings. The van der Waals surface area contributed by atoms with Crippen LogP contribution < -0.4 is 0 Å². The molecule has 2 nitrogen and oxygen atoms in total. The lowest BCUT2D eigenvalue weighted by Gasteiger charge is -2.27. The maximum Gasteiger partial charge on any atom is 0.416 e. The summed E-state index contributed by atoms with van der Waals surface area (Å²) >= 11 is 3.01. The molecule has 1 aliphatic rings. The maximum absolute atomic E-state index is 12.8. The molecule has 0 bridgehead atoms. The van der Waals surface area contributed by atoms with Crippen molar-refractivity contribution in [1.82, 2.24) is 0 Å². The number of ether oxygens (including phenoxy) is 1. The molecule has 1 aromatic carbocycles. The molecule has 22 heavy (non-hydrogen) atoms. The molecule has 122 valence electrons. The fourth-order valence-corrected chi connectivity index (χ4v) is 2.93. The number of alkyl halides is 7. The van der Waals surface area contributed by atoms with Gasteiger partial charge in [0.1, 0.15) is 5.60 Å². The van der Waals surface area contributed by atoms with E-state index in [0.29, 0.717) is 12.1 Å². The summed E-state index contributed by atoms with van der Waals surface area (Å²) in [6.07, 6.45) is -9.93. The second-order valence-electron chi connectivity index (χ2n) is 4.90. The molecule has 0 saturated carbocycles. The largest absolute Gasteiger partial charge is 0.453 e. The predicted octanol–water partition coefficient (Wildman–Crippen LogP) is 4.65. The molecule has 1 heterocycles. The molecule has 9 heteroatoms. The summed E-state index contributed by atoms with van der Waals surface area (Å²) in [5, 5.41) is -0.0929. The molecule has 0 aromatic heterocycles. The molecule has 1 saturated heterocycles. The van der Waals surface area contributed by atoms with Gasteiger partial charge in [-0.1, -0.05) is 15.9 Å². The van der Waals surface area contributed by atoms with Gasteiger partial charge in [0.25, 0.3) is 0 Å². The molecule has 1 atom stereocenters. The van der Waals surface area contributed by atoms with Crippen LogP contribution in [0.15, 0.2) is 18.2 Å². The summed E-state index contributed by atoms with van der Waals surface area (Å²) in [4.78, 5) is 11.3. The molecule has 0 N–H and O–H groups in total. The zero-order chi connectivity index (χ0) is 16.8. The Bertz CT molecular complexity index is 563. The molecular formula is C13H9BrF6O2. The molecule has 0 amide bonds. The summed E-state index contributed by atoms with van der Waals surface area (Å²) in [6.45, 7) is 0. The highest BCUT2D eigenvalue weighted by molar-refractivity contribution is 9.09. The van der Waals surface area contributed by atoms with Crippen LogP contribution in [0.2, 0.25) is 0 Å². The Morgan fingerprint density at radius 3 is 1.86 bits per heavy atom. The van der Waals surface area contributed by atoms with Crippen molar-refractivity contribution >= 4 is 21.9 Å². The predicted molar refractivity (Wildman–Crippen MR) is 67.2 cm³/mol. The summed E-state index contributed by atoms with van der Waals surface area (Å²) in [7, 11) is 0. The van der Waals surface area contributed by atoms with Crippen LogP contribution in [0.25, 0.3) is 0 Å². The van der Waals surface area contributed by atoms with Gasteiger partial charge in [0.2, 0.25) is 0 Å². The first kappa shape index (κ1) is 17.1. The van der Waals surface area contributed by atoms with E-state index in [1.807, 2.05) is 0 Å². The van der Waals surface area contributed by atoms with E-state index in [-0.39, 0.29) is 29.8 Å². The Kier molecular flexibility index (Phi) is 4.23. The SMILES string of the molecule is O=C1CC[C@](CBr)(c2cc(C(F)(F)F)cc(C(F)(F)F)c2)O1. The number of carbonyl (C=O) groups excluding carboxylic acids is 1. The quantitative estimate of drug-likeness (QED) is 0.417. The van der Waals surface area contributed by atoms with Crippen LogP contribution in [-0.2, 0) is 27.5 Å². The van der Waals surface area contributed by atoms with Crippen molar-refractivity contribution in [2.45, 2.75) is 30.8 Å². The molecule has 1 aliphatic heterocycles. The van der Waals surface area contributed by atoms with E-state index in [1.165, 1.54) is 0 Å². The van der Waals surface area contributed by atoms with Crippen molar-refractivity contribution in [3.8, 4) is 0 Å². The van der Waals surface area contributed by atoms with E-state index in [0.717, 1.165) is 0 Å².